The summed E-state index contributed by atoms with van der Waals surface area (Å²) in [6, 6.07) is 2.67. The summed E-state index contributed by atoms with van der Waals surface area (Å²) in [7, 11) is 1.90. The summed E-state index contributed by atoms with van der Waals surface area (Å²) < 4.78 is 0. The molecule has 1 rings (SSSR count). The van der Waals surface area contributed by atoms with Crippen molar-refractivity contribution in [3.8, 4) is 6.07 Å². The van der Waals surface area contributed by atoms with Gasteiger partial charge in [0.1, 0.15) is 0 Å². The summed E-state index contributed by atoms with van der Waals surface area (Å²) in [5.41, 5.74) is 0. The predicted molar refractivity (Wildman–Crippen MR) is 62.7 cm³/mol. The normalized spacial score (nSPS) is 16.9. The zero-order valence-corrected chi connectivity index (χ0v) is 10.4. The number of carbonyl (C=O) groups excluding carboxylic acids is 1. The highest BCUT2D eigenvalue weighted by Crippen LogP contribution is 2.26. The van der Waals surface area contributed by atoms with E-state index in [4.69, 9.17) is 5.26 Å². The van der Waals surface area contributed by atoms with Crippen molar-refractivity contribution >= 4 is 5.91 Å². The van der Waals surface area contributed by atoms with Gasteiger partial charge >= 0.3 is 0 Å². The van der Waals surface area contributed by atoms with E-state index in [-0.39, 0.29) is 11.8 Å². The molecular weight excluding hydrogens is 202 g/mol. The van der Waals surface area contributed by atoms with Gasteiger partial charge in [0.25, 0.3) is 0 Å². The Morgan fingerprint density at radius 1 is 1.56 bits per heavy atom. The van der Waals surface area contributed by atoms with Crippen LogP contribution in [0.15, 0.2) is 0 Å². The van der Waals surface area contributed by atoms with E-state index in [0.29, 0.717) is 19.1 Å². The van der Waals surface area contributed by atoms with E-state index < -0.39 is 0 Å². The molecule has 1 amide bonds. The lowest BCUT2D eigenvalue weighted by Gasteiger charge is -2.24. The van der Waals surface area contributed by atoms with Gasteiger partial charge in [-0.3, -0.25) is 9.69 Å². The molecule has 1 aliphatic carbocycles. The van der Waals surface area contributed by atoms with Gasteiger partial charge in [-0.15, -0.1) is 0 Å². The van der Waals surface area contributed by atoms with Crippen molar-refractivity contribution in [1.82, 2.24) is 9.80 Å². The lowest BCUT2D eigenvalue weighted by Crippen LogP contribution is -2.41. The van der Waals surface area contributed by atoms with Gasteiger partial charge in [-0.2, -0.15) is 5.26 Å². The lowest BCUT2D eigenvalue weighted by molar-refractivity contribution is -0.132. The minimum Gasteiger partial charge on any atom is -0.339 e. The Morgan fingerprint density at radius 3 is 2.62 bits per heavy atom. The van der Waals surface area contributed by atoms with Crippen LogP contribution in [-0.2, 0) is 4.79 Å². The highest BCUT2D eigenvalue weighted by molar-refractivity contribution is 5.78. The molecule has 0 bridgehead atoms. The van der Waals surface area contributed by atoms with Crippen molar-refractivity contribution in [3.63, 3.8) is 0 Å². The molecule has 1 unspecified atom stereocenters. The van der Waals surface area contributed by atoms with Crippen molar-refractivity contribution in [1.29, 1.82) is 5.26 Å². The lowest BCUT2D eigenvalue weighted by atomic mass is 10.2. The van der Waals surface area contributed by atoms with Crippen LogP contribution in [-0.4, -0.2) is 48.4 Å². The maximum atomic E-state index is 11.9. The number of nitriles is 1. The molecule has 0 aromatic rings. The summed E-state index contributed by atoms with van der Waals surface area (Å²) in [4.78, 5) is 15.8. The third kappa shape index (κ3) is 3.82. The van der Waals surface area contributed by atoms with Crippen molar-refractivity contribution in [2.24, 2.45) is 5.92 Å². The van der Waals surface area contributed by atoms with Gasteiger partial charge in [-0.25, -0.2) is 0 Å². The molecule has 1 fully saturated rings. The predicted octanol–water partition coefficient (Wildman–Crippen LogP) is 1.09. The fourth-order valence-corrected chi connectivity index (χ4v) is 1.92. The smallest absolute Gasteiger partial charge is 0.236 e. The van der Waals surface area contributed by atoms with Crippen molar-refractivity contribution < 1.29 is 4.79 Å². The monoisotopic (exact) mass is 223 g/mol. The minimum absolute atomic E-state index is 0.0196. The van der Waals surface area contributed by atoms with Crippen molar-refractivity contribution in [3.05, 3.63) is 0 Å². The molecule has 0 N–H and O–H groups in total. The second kappa shape index (κ2) is 5.86. The molecule has 4 nitrogen and oxygen atoms in total. The van der Waals surface area contributed by atoms with E-state index in [1.165, 1.54) is 0 Å². The van der Waals surface area contributed by atoms with Gasteiger partial charge in [0, 0.05) is 19.1 Å². The number of amides is 1. The fourth-order valence-electron chi connectivity index (χ4n) is 1.92. The van der Waals surface area contributed by atoms with Crippen LogP contribution in [0.25, 0.3) is 0 Å². The summed E-state index contributed by atoms with van der Waals surface area (Å²) in [6.45, 7) is 5.78. The van der Waals surface area contributed by atoms with Crippen molar-refractivity contribution in [2.75, 3.05) is 26.7 Å². The number of rotatable bonds is 6. The second-order valence-corrected chi connectivity index (χ2v) is 4.64. The third-order valence-electron chi connectivity index (χ3n) is 2.86. The molecule has 1 aliphatic rings. The third-order valence-corrected chi connectivity index (χ3v) is 2.86. The molecule has 0 saturated heterocycles. The Hall–Kier alpha value is -1.08. The molecule has 1 saturated carbocycles. The van der Waals surface area contributed by atoms with Crippen LogP contribution in [0.1, 0.15) is 26.7 Å². The first-order chi connectivity index (χ1) is 7.58. The number of hydrogen-bond donors (Lipinski definition) is 0. The second-order valence-electron chi connectivity index (χ2n) is 4.64. The molecular formula is C12H21N3O. The topological polar surface area (TPSA) is 47.3 Å². The molecule has 0 radical (unpaired) electrons. The molecule has 0 heterocycles. The molecule has 16 heavy (non-hydrogen) atoms. The van der Waals surface area contributed by atoms with E-state index >= 15 is 0 Å². The summed E-state index contributed by atoms with van der Waals surface area (Å²) in [5, 5.41) is 8.70. The number of likely N-dealkylation sites (N-methyl/N-ethyl adjacent to an activating group) is 2. The number of hydrogen-bond acceptors (Lipinski definition) is 3. The van der Waals surface area contributed by atoms with Gasteiger partial charge in [0.05, 0.1) is 18.5 Å². The molecule has 4 heteroatoms. The van der Waals surface area contributed by atoms with E-state index in [1.54, 1.807) is 0 Å². The standard InChI is InChI=1S/C12H21N3O/c1-4-15(11-5-6-11)12(16)9-14(3)8-10(2)7-13/h10-11H,4-6,8-9H2,1-3H3. The van der Waals surface area contributed by atoms with E-state index in [0.717, 1.165) is 19.4 Å². The molecule has 0 spiro atoms. The van der Waals surface area contributed by atoms with E-state index in [2.05, 4.69) is 6.07 Å². The van der Waals surface area contributed by atoms with E-state index in [1.807, 2.05) is 30.7 Å². The number of nitrogens with zero attached hydrogens (tertiary/aromatic N) is 3. The van der Waals surface area contributed by atoms with Crippen LogP contribution in [0, 0.1) is 17.2 Å². The van der Waals surface area contributed by atoms with Crippen LogP contribution < -0.4 is 0 Å². The van der Waals surface area contributed by atoms with Crippen LogP contribution in [0.3, 0.4) is 0 Å². The Morgan fingerprint density at radius 2 is 2.19 bits per heavy atom. The van der Waals surface area contributed by atoms with Gasteiger partial charge in [0.15, 0.2) is 0 Å². The first-order valence-electron chi connectivity index (χ1n) is 5.96. The summed E-state index contributed by atoms with van der Waals surface area (Å²) >= 11 is 0. The maximum Gasteiger partial charge on any atom is 0.236 e. The Labute approximate surface area is 97.8 Å². The first-order valence-corrected chi connectivity index (χ1v) is 5.96. The van der Waals surface area contributed by atoms with Crippen molar-refractivity contribution in [2.45, 2.75) is 32.7 Å². The number of carbonyl (C=O) groups is 1. The summed E-state index contributed by atoms with van der Waals surface area (Å²) in [6.07, 6.45) is 2.30. The Balaban J connectivity index is 2.34. The molecule has 0 aromatic heterocycles. The van der Waals surface area contributed by atoms with Gasteiger partial charge in [-0.1, -0.05) is 0 Å². The molecule has 0 aromatic carbocycles. The molecule has 90 valence electrons. The van der Waals surface area contributed by atoms with Gasteiger partial charge < -0.3 is 4.90 Å². The molecule has 0 aliphatic heterocycles. The zero-order valence-electron chi connectivity index (χ0n) is 10.4. The van der Waals surface area contributed by atoms with Gasteiger partial charge in [0.2, 0.25) is 5.91 Å². The zero-order chi connectivity index (χ0) is 12.1. The Kier molecular flexibility index (Phi) is 4.75. The highest BCUT2D eigenvalue weighted by atomic mass is 16.2. The summed E-state index contributed by atoms with van der Waals surface area (Å²) in [5.74, 6) is 0.173. The quantitative estimate of drug-likeness (QED) is 0.677. The Bertz CT molecular complexity index is 280. The van der Waals surface area contributed by atoms with Gasteiger partial charge in [-0.05, 0) is 33.7 Å². The van der Waals surface area contributed by atoms with Crippen LogP contribution in [0.2, 0.25) is 0 Å². The van der Waals surface area contributed by atoms with E-state index in [9.17, 15) is 4.79 Å². The first kappa shape index (κ1) is 13.0. The fraction of sp³-hybridized carbons (Fsp3) is 0.833. The minimum atomic E-state index is -0.0196. The average Bonchev–Trinajstić information content (AvgIpc) is 3.02. The van der Waals surface area contributed by atoms with Crippen LogP contribution in [0.5, 0.6) is 0 Å². The maximum absolute atomic E-state index is 11.9. The SMILES string of the molecule is CCN(C(=O)CN(C)CC(C)C#N)C1CC1. The highest BCUT2D eigenvalue weighted by Gasteiger charge is 2.31. The van der Waals surface area contributed by atoms with Crippen LogP contribution in [0.4, 0.5) is 0 Å². The van der Waals surface area contributed by atoms with Crippen LogP contribution >= 0.6 is 0 Å². The largest absolute Gasteiger partial charge is 0.339 e. The average molecular weight is 223 g/mol. The molecule has 1 atom stereocenters.